The molecule has 202 valence electrons. The number of hydrogen-bond donors (Lipinski definition) is 5. The highest BCUT2D eigenvalue weighted by molar-refractivity contribution is 9.10. The number of nitriles is 1. The summed E-state index contributed by atoms with van der Waals surface area (Å²) >= 11 is 6.01. The molecule has 5 rings (SSSR count). The normalized spacial score (nSPS) is 9.85. The average molecular weight is 650 g/mol. The monoisotopic (exact) mass is 648 g/mol. The van der Waals surface area contributed by atoms with Gasteiger partial charge in [0.25, 0.3) is 5.56 Å². The van der Waals surface area contributed by atoms with Crippen molar-refractivity contribution in [3.8, 4) is 6.07 Å². The minimum Gasteiger partial charge on any atom is -0.465 e. The predicted octanol–water partition coefficient (Wildman–Crippen LogP) is 3.74. The van der Waals surface area contributed by atoms with E-state index < -0.39 is 7.12 Å². The molecule has 0 radical (unpaired) electrons. The molecule has 0 saturated carbocycles. The molecule has 0 atom stereocenters. The second-order valence-corrected chi connectivity index (χ2v) is 10.3. The summed E-state index contributed by atoms with van der Waals surface area (Å²) in [7, 11) is -0.147. The van der Waals surface area contributed by atoms with Crippen LogP contribution in [-0.2, 0) is 11.3 Å². The predicted molar refractivity (Wildman–Crippen MR) is 164 cm³/mol. The van der Waals surface area contributed by atoms with Crippen molar-refractivity contribution >= 4 is 96.2 Å². The molecular weight excluding hydrogens is 627 g/mol. The van der Waals surface area contributed by atoms with Gasteiger partial charge in [-0.2, -0.15) is 5.26 Å². The lowest BCUT2D eigenvalue weighted by atomic mass is 9.78. The number of nitrogens with two attached hydrogens (primary N) is 2. The second kappa shape index (κ2) is 14.8. The number of anilines is 1. The van der Waals surface area contributed by atoms with Gasteiger partial charge in [0.1, 0.15) is 9.58 Å². The molecule has 2 aromatic carbocycles. The van der Waals surface area contributed by atoms with Gasteiger partial charge in [-0.1, -0.05) is 18.2 Å². The highest BCUT2D eigenvalue weighted by atomic mass is 79.9. The van der Waals surface area contributed by atoms with E-state index >= 15 is 0 Å². The molecule has 14 heteroatoms. The highest BCUT2D eigenvalue weighted by Crippen LogP contribution is 2.25. The van der Waals surface area contributed by atoms with Crippen molar-refractivity contribution in [3.05, 3.63) is 90.1 Å². The van der Waals surface area contributed by atoms with E-state index in [0.29, 0.717) is 28.1 Å². The van der Waals surface area contributed by atoms with Gasteiger partial charge in [0, 0.05) is 32.9 Å². The summed E-state index contributed by atoms with van der Waals surface area (Å²) in [5.41, 5.74) is 13.6. The Hall–Kier alpha value is -3.22. The van der Waals surface area contributed by atoms with E-state index in [1.807, 2.05) is 29.0 Å². The number of carbonyl (C=O) groups excluding carboxylic acids is 1. The number of nitrogen functional groups attached to an aromatic ring is 1. The number of methoxy groups -OCH3 is 1. The van der Waals surface area contributed by atoms with Crippen molar-refractivity contribution in [3.63, 3.8) is 0 Å². The van der Waals surface area contributed by atoms with E-state index in [4.69, 9.17) is 26.8 Å². The highest BCUT2D eigenvalue weighted by Gasteiger charge is 2.14. The Balaban J connectivity index is 0.000000210. The lowest BCUT2D eigenvalue weighted by Gasteiger charge is -2.05. The minimum atomic E-state index is -1.52. The van der Waals surface area contributed by atoms with Gasteiger partial charge in [0.2, 0.25) is 0 Å². The summed E-state index contributed by atoms with van der Waals surface area (Å²) in [5.74, 6) is -0.290. The third-order valence-corrected chi connectivity index (χ3v) is 7.94. The second-order valence-electron chi connectivity index (χ2n) is 7.62. The maximum absolute atomic E-state index is 11.7. The largest absolute Gasteiger partial charge is 0.490 e. The Morgan fingerprint density at radius 2 is 1.85 bits per heavy atom. The van der Waals surface area contributed by atoms with Gasteiger partial charge in [-0.3, -0.25) is 4.79 Å². The quantitative estimate of drug-likeness (QED) is 0.112. The van der Waals surface area contributed by atoms with Crippen LogP contribution in [-0.4, -0.2) is 35.2 Å². The molecule has 39 heavy (non-hydrogen) atoms. The number of aromatic nitrogens is 1. The number of benzene rings is 2. The molecule has 0 aliphatic rings. The van der Waals surface area contributed by atoms with Crippen LogP contribution in [0.1, 0.15) is 20.8 Å². The molecule has 5 aromatic rings. The van der Waals surface area contributed by atoms with Gasteiger partial charge in [0.05, 0.1) is 24.3 Å². The third-order valence-electron chi connectivity index (χ3n) is 5.21. The van der Waals surface area contributed by atoms with Crippen molar-refractivity contribution in [2.24, 2.45) is 5.73 Å². The number of carbonyl (C=O) groups is 1. The van der Waals surface area contributed by atoms with Crippen LogP contribution in [0.15, 0.2) is 68.6 Å². The maximum Gasteiger partial charge on any atom is 0.490 e. The summed E-state index contributed by atoms with van der Waals surface area (Å²) in [6.07, 6.45) is 0. The zero-order chi connectivity index (χ0) is 27.8. The number of aromatic amines is 1. The summed E-state index contributed by atoms with van der Waals surface area (Å²) in [4.78, 5) is 26.0. The van der Waals surface area contributed by atoms with Gasteiger partial charge in [0.15, 0.2) is 0 Å². The van der Waals surface area contributed by atoms with Crippen LogP contribution in [0.2, 0.25) is 0 Å². The SMILES string of the molecule is COC(=O)c1sccc1Br.Cl.N#Cc1ccc2c(c1)[nH]c(=O)c1sccc12.NCc1ccc(B(O)O)c(N)c1. The molecule has 7 N–H and O–H groups in total. The van der Waals surface area contributed by atoms with E-state index in [0.717, 1.165) is 31.0 Å². The summed E-state index contributed by atoms with van der Waals surface area (Å²) < 4.78 is 6.05. The van der Waals surface area contributed by atoms with Crippen LogP contribution in [0.3, 0.4) is 0 Å². The van der Waals surface area contributed by atoms with Crippen molar-refractivity contribution in [1.82, 2.24) is 4.98 Å². The molecule has 0 amide bonds. The van der Waals surface area contributed by atoms with Crippen LogP contribution >= 0.6 is 51.0 Å². The Morgan fingerprint density at radius 1 is 1.13 bits per heavy atom. The van der Waals surface area contributed by atoms with Crippen LogP contribution in [0, 0.1) is 11.3 Å². The Bertz CT molecular complexity index is 1680. The smallest absolute Gasteiger partial charge is 0.465 e. The van der Waals surface area contributed by atoms with Gasteiger partial charge in [-0.05, 0) is 62.6 Å². The van der Waals surface area contributed by atoms with Crippen LogP contribution in [0.5, 0.6) is 0 Å². The van der Waals surface area contributed by atoms with Gasteiger partial charge < -0.3 is 31.2 Å². The Kier molecular flexibility index (Phi) is 12.1. The van der Waals surface area contributed by atoms with Crippen LogP contribution < -0.4 is 22.5 Å². The minimum absolute atomic E-state index is 0. The molecule has 0 aliphatic heterocycles. The van der Waals surface area contributed by atoms with E-state index in [1.54, 1.807) is 30.3 Å². The lowest BCUT2D eigenvalue weighted by Crippen LogP contribution is -2.32. The molecule has 0 fully saturated rings. The fourth-order valence-electron chi connectivity index (χ4n) is 3.35. The molecule has 0 bridgehead atoms. The van der Waals surface area contributed by atoms with Crippen molar-refractivity contribution in [2.45, 2.75) is 6.54 Å². The van der Waals surface area contributed by atoms with Crippen molar-refractivity contribution in [1.29, 1.82) is 5.26 Å². The maximum atomic E-state index is 11.7. The summed E-state index contributed by atoms with van der Waals surface area (Å²) in [6, 6.07) is 16.1. The van der Waals surface area contributed by atoms with Crippen molar-refractivity contribution in [2.75, 3.05) is 12.8 Å². The Labute approximate surface area is 246 Å². The van der Waals surface area contributed by atoms with Crippen molar-refractivity contribution < 1.29 is 19.6 Å². The van der Waals surface area contributed by atoms with E-state index in [-0.39, 0.29) is 23.9 Å². The third kappa shape index (κ3) is 7.90. The first kappa shape index (κ1) is 32.0. The number of hydrogen-bond acceptors (Lipinski definition) is 10. The zero-order valence-corrected chi connectivity index (χ0v) is 24.4. The molecule has 0 saturated heterocycles. The van der Waals surface area contributed by atoms with E-state index in [9.17, 15) is 9.59 Å². The number of rotatable bonds is 3. The topological polar surface area (TPSA) is 175 Å². The fraction of sp³-hybridized carbons (Fsp3) is 0.0800. The van der Waals surface area contributed by atoms with Crippen LogP contribution in [0.25, 0.3) is 21.0 Å². The molecule has 0 spiro atoms. The number of nitrogens with one attached hydrogen (secondary N) is 1. The first-order valence-electron chi connectivity index (χ1n) is 10.9. The number of pyridine rings is 1. The number of thiophene rings is 2. The standard InChI is InChI=1S/C12H6N2OS.C7H11BN2O2.C6H5BrO2S.ClH/c13-6-7-1-2-8-9-3-4-16-11(9)12(15)14-10(8)5-7;9-4-5-1-2-6(8(11)12)7(10)3-5;1-9-6(8)5-4(7)2-3-10-5;/h1-5H,(H,14,15);1-3,11-12H,4,9-10H2;2-3H,1H3;1H. The molecule has 0 unspecified atom stereocenters. The average Bonchev–Trinajstić information content (AvgIpc) is 3.58. The number of halogens is 2. The van der Waals surface area contributed by atoms with Gasteiger partial charge >= 0.3 is 13.1 Å². The number of nitrogens with zero attached hydrogens (tertiary/aromatic N) is 1. The van der Waals surface area contributed by atoms with Crippen LogP contribution in [0.4, 0.5) is 5.69 Å². The fourth-order valence-corrected chi connectivity index (χ4v) is 5.60. The number of ether oxygens (including phenoxy) is 1. The van der Waals surface area contributed by atoms with Gasteiger partial charge in [-0.15, -0.1) is 35.1 Å². The summed E-state index contributed by atoms with van der Waals surface area (Å²) in [5, 5.41) is 32.1. The number of H-pyrrole nitrogens is 1. The molecule has 9 nitrogen and oxygen atoms in total. The molecule has 3 heterocycles. The molecule has 0 aliphatic carbocycles. The number of esters is 1. The molecular formula is C25H23BBrClN4O5S2. The first-order valence-corrected chi connectivity index (χ1v) is 13.4. The molecule has 3 aromatic heterocycles. The van der Waals surface area contributed by atoms with E-state index in [1.165, 1.54) is 29.8 Å². The zero-order valence-electron chi connectivity index (χ0n) is 20.4. The van der Waals surface area contributed by atoms with E-state index in [2.05, 4.69) is 31.7 Å². The lowest BCUT2D eigenvalue weighted by molar-refractivity contribution is 0.0605. The summed E-state index contributed by atoms with van der Waals surface area (Å²) in [6.45, 7) is 0.395. The number of fused-ring (bicyclic) bond motifs is 3. The van der Waals surface area contributed by atoms with Gasteiger partial charge in [-0.25, -0.2) is 4.79 Å². The Morgan fingerprint density at radius 3 is 2.41 bits per heavy atom. The first-order chi connectivity index (χ1) is 18.2.